The smallest absolute Gasteiger partial charge is 0.320 e. The number of carbonyl (C=O) groups is 1. The summed E-state index contributed by atoms with van der Waals surface area (Å²) in [7, 11) is 1.83. The lowest BCUT2D eigenvalue weighted by atomic mass is 9.94. The monoisotopic (exact) mass is 477 g/mol. The van der Waals surface area contributed by atoms with Gasteiger partial charge in [0.05, 0.1) is 17.9 Å². The molecule has 2 aromatic heterocycles. The van der Waals surface area contributed by atoms with Gasteiger partial charge in [-0.1, -0.05) is 24.3 Å². The molecule has 10 heteroatoms. The molecular weight excluding hydrogens is 452 g/mol. The van der Waals surface area contributed by atoms with Gasteiger partial charge in [-0.05, 0) is 36.8 Å². The summed E-state index contributed by atoms with van der Waals surface area (Å²) in [4.78, 5) is 13.1. The van der Waals surface area contributed by atoms with Crippen molar-refractivity contribution in [3.8, 4) is 16.9 Å². The Kier molecular flexibility index (Phi) is 6.04. The molecule has 0 unspecified atom stereocenters. The number of aromatic nitrogens is 4. The summed E-state index contributed by atoms with van der Waals surface area (Å²) >= 11 is 0. The quantitative estimate of drug-likeness (QED) is 0.409. The van der Waals surface area contributed by atoms with Gasteiger partial charge in [0.2, 0.25) is 0 Å². The first-order valence-electron chi connectivity index (χ1n) is 11.3. The molecule has 2 amide bonds. The Morgan fingerprint density at radius 3 is 2.63 bits per heavy atom. The van der Waals surface area contributed by atoms with Gasteiger partial charge in [0.25, 0.3) is 0 Å². The Bertz CT molecular complexity index is 1370. The van der Waals surface area contributed by atoms with E-state index in [1.807, 2.05) is 50.5 Å². The highest BCUT2D eigenvalue weighted by Gasteiger charge is 2.31. The standard InChI is InChI=1S/C25H25F2N7O/c1-15-23(17-11-29-33(2)14-17)32-34(18-6-4-3-5-7-18)24(15)31-25(35)30-22-13-28-12-19(22)16-8-9-20(26)21(27)10-16/h3-11,14,19,22,28H,12-13H2,1-2H3,(H2,30,31,35)/t19-,22-/m0/s1. The average molecular weight is 478 g/mol. The third kappa shape index (κ3) is 4.52. The third-order valence-electron chi connectivity index (χ3n) is 6.24. The zero-order valence-corrected chi connectivity index (χ0v) is 19.3. The number of urea groups is 1. The number of rotatable bonds is 5. The molecule has 3 N–H and O–H groups in total. The molecule has 1 aliphatic heterocycles. The Balaban J connectivity index is 1.41. The molecule has 0 bridgehead atoms. The number of nitrogens with zero attached hydrogens (tertiary/aromatic N) is 4. The van der Waals surface area contributed by atoms with Gasteiger partial charge in [0.15, 0.2) is 11.6 Å². The summed E-state index contributed by atoms with van der Waals surface area (Å²) < 4.78 is 30.6. The summed E-state index contributed by atoms with van der Waals surface area (Å²) in [5, 5.41) is 18.1. The summed E-state index contributed by atoms with van der Waals surface area (Å²) in [5.74, 6) is -1.45. The molecule has 3 heterocycles. The van der Waals surface area contributed by atoms with E-state index in [-0.39, 0.29) is 12.0 Å². The van der Waals surface area contributed by atoms with E-state index < -0.39 is 17.7 Å². The molecule has 8 nitrogen and oxygen atoms in total. The minimum absolute atomic E-state index is 0.193. The van der Waals surface area contributed by atoms with Crippen molar-refractivity contribution in [2.45, 2.75) is 18.9 Å². The summed E-state index contributed by atoms with van der Waals surface area (Å²) in [6, 6.07) is 12.7. The van der Waals surface area contributed by atoms with Gasteiger partial charge in [0, 0.05) is 43.4 Å². The van der Waals surface area contributed by atoms with E-state index in [0.717, 1.165) is 22.9 Å². The molecule has 0 saturated carbocycles. The van der Waals surface area contributed by atoms with Crippen molar-refractivity contribution in [1.82, 2.24) is 30.2 Å². The molecule has 2 atom stereocenters. The Hall–Kier alpha value is -4.05. The third-order valence-corrected chi connectivity index (χ3v) is 6.24. The summed E-state index contributed by atoms with van der Waals surface area (Å²) in [6.07, 6.45) is 3.59. The minimum Gasteiger partial charge on any atom is -0.333 e. The van der Waals surface area contributed by atoms with Crippen molar-refractivity contribution >= 4 is 11.8 Å². The van der Waals surface area contributed by atoms with Crippen LogP contribution in [0.1, 0.15) is 17.0 Å². The van der Waals surface area contributed by atoms with Crippen LogP contribution in [0.3, 0.4) is 0 Å². The van der Waals surface area contributed by atoms with E-state index in [4.69, 9.17) is 5.10 Å². The van der Waals surface area contributed by atoms with Crippen LogP contribution in [-0.2, 0) is 7.05 Å². The molecule has 180 valence electrons. The van der Waals surface area contributed by atoms with E-state index in [0.29, 0.717) is 30.2 Å². The normalized spacial score (nSPS) is 17.5. The minimum atomic E-state index is -0.900. The average Bonchev–Trinajstić information content (AvgIpc) is 3.56. The zero-order valence-electron chi connectivity index (χ0n) is 19.3. The van der Waals surface area contributed by atoms with E-state index in [2.05, 4.69) is 21.0 Å². The molecule has 1 aliphatic rings. The van der Waals surface area contributed by atoms with Gasteiger partial charge in [-0.25, -0.2) is 18.3 Å². The number of aryl methyl sites for hydroxylation is 1. The van der Waals surface area contributed by atoms with Gasteiger partial charge in [0.1, 0.15) is 11.5 Å². The zero-order chi connectivity index (χ0) is 24.5. The summed E-state index contributed by atoms with van der Waals surface area (Å²) in [5.41, 5.74) is 3.76. The van der Waals surface area contributed by atoms with Crippen LogP contribution >= 0.6 is 0 Å². The fourth-order valence-corrected chi connectivity index (χ4v) is 4.45. The van der Waals surface area contributed by atoms with Crippen LogP contribution < -0.4 is 16.0 Å². The van der Waals surface area contributed by atoms with Gasteiger partial charge < -0.3 is 10.6 Å². The number of para-hydroxylation sites is 1. The van der Waals surface area contributed by atoms with Crippen molar-refractivity contribution in [3.05, 3.63) is 83.7 Å². The van der Waals surface area contributed by atoms with E-state index in [9.17, 15) is 13.6 Å². The van der Waals surface area contributed by atoms with Crippen LogP contribution in [-0.4, -0.2) is 44.7 Å². The molecule has 4 aromatic rings. The molecule has 35 heavy (non-hydrogen) atoms. The molecule has 0 aliphatic carbocycles. The molecule has 1 saturated heterocycles. The fourth-order valence-electron chi connectivity index (χ4n) is 4.45. The number of carbonyl (C=O) groups excluding carboxylic acids is 1. The second kappa shape index (κ2) is 9.30. The number of nitrogens with one attached hydrogen (secondary N) is 3. The van der Waals surface area contributed by atoms with E-state index in [1.54, 1.807) is 21.6 Å². The van der Waals surface area contributed by atoms with Gasteiger partial charge in [-0.3, -0.25) is 10.00 Å². The number of anilines is 1. The molecule has 0 radical (unpaired) electrons. The highest BCUT2D eigenvalue weighted by molar-refractivity contribution is 5.91. The lowest BCUT2D eigenvalue weighted by molar-refractivity contribution is 0.248. The Morgan fingerprint density at radius 2 is 1.91 bits per heavy atom. The van der Waals surface area contributed by atoms with Crippen LogP contribution in [0.5, 0.6) is 0 Å². The van der Waals surface area contributed by atoms with Crippen molar-refractivity contribution in [2.24, 2.45) is 7.05 Å². The number of amides is 2. The number of hydrogen-bond acceptors (Lipinski definition) is 4. The second-order valence-electron chi connectivity index (χ2n) is 8.62. The van der Waals surface area contributed by atoms with Crippen LogP contribution in [0, 0.1) is 18.6 Å². The number of halogens is 2. The molecule has 2 aromatic carbocycles. The molecule has 0 spiro atoms. The predicted molar refractivity (Wildman–Crippen MR) is 128 cm³/mol. The predicted octanol–water partition coefficient (Wildman–Crippen LogP) is 3.74. The number of hydrogen-bond donors (Lipinski definition) is 3. The maximum atomic E-state index is 13.8. The topological polar surface area (TPSA) is 88.8 Å². The molecule has 1 fully saturated rings. The van der Waals surface area contributed by atoms with Gasteiger partial charge >= 0.3 is 6.03 Å². The second-order valence-corrected chi connectivity index (χ2v) is 8.62. The first-order chi connectivity index (χ1) is 16.9. The first kappa shape index (κ1) is 22.7. The largest absolute Gasteiger partial charge is 0.333 e. The lowest BCUT2D eigenvalue weighted by Crippen LogP contribution is -2.42. The van der Waals surface area contributed by atoms with Crippen LogP contribution in [0.2, 0.25) is 0 Å². The maximum Gasteiger partial charge on any atom is 0.320 e. The van der Waals surface area contributed by atoms with Crippen LogP contribution in [0.15, 0.2) is 60.9 Å². The SMILES string of the molecule is Cc1c(-c2cnn(C)c2)nn(-c2ccccc2)c1NC(=O)N[C@H]1CNC[C@H]1c1ccc(F)c(F)c1. The highest BCUT2D eigenvalue weighted by atomic mass is 19.2. The van der Waals surface area contributed by atoms with E-state index in [1.165, 1.54) is 6.07 Å². The molecular formula is C25H25F2N7O. The fraction of sp³-hybridized carbons (Fsp3) is 0.240. The van der Waals surface area contributed by atoms with Crippen molar-refractivity contribution < 1.29 is 13.6 Å². The van der Waals surface area contributed by atoms with Crippen LogP contribution in [0.4, 0.5) is 19.4 Å². The van der Waals surface area contributed by atoms with Gasteiger partial charge in [-0.2, -0.15) is 10.2 Å². The Morgan fingerprint density at radius 1 is 1.11 bits per heavy atom. The summed E-state index contributed by atoms with van der Waals surface area (Å²) in [6.45, 7) is 2.95. The Labute approximate surface area is 201 Å². The molecule has 5 rings (SSSR count). The van der Waals surface area contributed by atoms with Crippen molar-refractivity contribution in [3.63, 3.8) is 0 Å². The number of benzene rings is 2. The lowest BCUT2D eigenvalue weighted by Gasteiger charge is -2.21. The van der Waals surface area contributed by atoms with E-state index >= 15 is 0 Å². The first-order valence-corrected chi connectivity index (χ1v) is 11.3. The van der Waals surface area contributed by atoms with Crippen molar-refractivity contribution in [2.75, 3.05) is 18.4 Å². The van der Waals surface area contributed by atoms with Crippen LogP contribution in [0.25, 0.3) is 16.9 Å². The maximum absolute atomic E-state index is 13.8. The highest BCUT2D eigenvalue weighted by Crippen LogP contribution is 2.30. The van der Waals surface area contributed by atoms with Gasteiger partial charge in [-0.15, -0.1) is 0 Å². The van der Waals surface area contributed by atoms with Crippen molar-refractivity contribution in [1.29, 1.82) is 0 Å².